The Morgan fingerprint density at radius 2 is 1.65 bits per heavy atom. The lowest BCUT2D eigenvalue weighted by Crippen LogP contribution is -2.13. The van der Waals surface area contributed by atoms with Gasteiger partial charge < -0.3 is 9.47 Å². The van der Waals surface area contributed by atoms with Crippen LogP contribution in [0.25, 0.3) is 0 Å². The highest BCUT2D eigenvalue weighted by atomic mass is 19.4. The van der Waals surface area contributed by atoms with E-state index >= 15 is 0 Å². The number of hydrogen-bond donors (Lipinski definition) is 0. The van der Waals surface area contributed by atoms with Crippen LogP contribution in [0.15, 0.2) is 6.07 Å². The van der Waals surface area contributed by atoms with Crippen molar-refractivity contribution in [1.29, 1.82) is 0 Å². The number of rotatable bonds is 3. The van der Waals surface area contributed by atoms with Crippen LogP contribution >= 0.6 is 0 Å². The Balaban J connectivity index is 3.32. The maximum absolute atomic E-state index is 12.4. The zero-order valence-corrected chi connectivity index (χ0v) is 10.2. The molecule has 0 aliphatic rings. The Hall–Kier alpha value is -1.39. The summed E-state index contributed by atoms with van der Waals surface area (Å²) in [6.45, 7) is 3.50. The van der Waals surface area contributed by atoms with Gasteiger partial charge in [0.1, 0.15) is 11.5 Å². The molecule has 0 N–H and O–H groups in total. The SMILES string of the molecule is COc1cc(CC(F)(F)F)c(OC)c(C)c1C. The number of benzene rings is 1. The average molecular weight is 248 g/mol. The summed E-state index contributed by atoms with van der Waals surface area (Å²) in [5.74, 6) is 0.725. The molecule has 0 aromatic heterocycles. The molecule has 0 saturated carbocycles. The van der Waals surface area contributed by atoms with Crippen LogP contribution in [0.2, 0.25) is 0 Å². The highest BCUT2D eigenvalue weighted by Gasteiger charge is 2.30. The monoisotopic (exact) mass is 248 g/mol. The van der Waals surface area contributed by atoms with Crippen molar-refractivity contribution in [2.45, 2.75) is 26.4 Å². The molecule has 0 fully saturated rings. The summed E-state index contributed by atoms with van der Waals surface area (Å²) in [7, 11) is 2.81. The van der Waals surface area contributed by atoms with Crippen molar-refractivity contribution in [1.82, 2.24) is 0 Å². The first kappa shape index (κ1) is 13.7. The third-order valence-corrected chi connectivity index (χ3v) is 2.68. The van der Waals surface area contributed by atoms with Gasteiger partial charge in [-0.1, -0.05) is 0 Å². The topological polar surface area (TPSA) is 18.5 Å². The largest absolute Gasteiger partial charge is 0.496 e. The highest BCUT2D eigenvalue weighted by Crippen LogP contribution is 2.36. The van der Waals surface area contributed by atoms with E-state index in [1.165, 1.54) is 20.3 Å². The lowest BCUT2D eigenvalue weighted by atomic mass is 10.0. The number of alkyl halides is 3. The van der Waals surface area contributed by atoms with Crippen LogP contribution in [0.1, 0.15) is 16.7 Å². The standard InChI is InChI=1S/C12H15F3O2/c1-7-8(2)11(17-4)9(5-10(7)16-3)6-12(13,14)15/h5H,6H2,1-4H3. The van der Waals surface area contributed by atoms with Crippen LogP contribution in [0.5, 0.6) is 11.5 Å². The molecular formula is C12H15F3O2. The molecule has 2 nitrogen and oxygen atoms in total. The Kier molecular flexibility index (Phi) is 3.91. The van der Waals surface area contributed by atoms with Gasteiger partial charge in [0, 0.05) is 5.56 Å². The van der Waals surface area contributed by atoms with Gasteiger partial charge in [-0.15, -0.1) is 0 Å². The normalized spacial score (nSPS) is 11.5. The van der Waals surface area contributed by atoms with Crippen molar-refractivity contribution in [2.75, 3.05) is 14.2 Å². The summed E-state index contributed by atoms with van der Waals surface area (Å²) < 4.78 is 47.4. The molecule has 0 spiro atoms. The first-order chi connectivity index (χ1) is 7.80. The molecule has 0 radical (unpaired) electrons. The Labute approximate surface area is 98.3 Å². The molecule has 5 heteroatoms. The zero-order valence-electron chi connectivity index (χ0n) is 10.2. The van der Waals surface area contributed by atoms with Crippen LogP contribution in [0, 0.1) is 13.8 Å². The van der Waals surface area contributed by atoms with E-state index in [1.807, 2.05) is 0 Å². The molecule has 0 bridgehead atoms. The molecular weight excluding hydrogens is 233 g/mol. The number of ether oxygens (including phenoxy) is 2. The summed E-state index contributed by atoms with van der Waals surface area (Å²) in [5.41, 5.74) is 1.56. The van der Waals surface area contributed by atoms with Crippen molar-refractivity contribution >= 4 is 0 Å². The molecule has 0 aliphatic heterocycles. The van der Waals surface area contributed by atoms with Gasteiger partial charge in [0.2, 0.25) is 0 Å². The molecule has 96 valence electrons. The quantitative estimate of drug-likeness (QED) is 0.816. The minimum Gasteiger partial charge on any atom is -0.496 e. The second-order valence-electron chi connectivity index (χ2n) is 3.81. The van der Waals surface area contributed by atoms with E-state index < -0.39 is 12.6 Å². The summed E-state index contributed by atoms with van der Waals surface area (Å²) in [6.07, 6.45) is -5.28. The molecule has 17 heavy (non-hydrogen) atoms. The molecule has 0 unspecified atom stereocenters. The summed E-state index contributed by atoms with van der Waals surface area (Å²) in [5, 5.41) is 0. The van der Waals surface area contributed by atoms with Crippen LogP contribution in [-0.4, -0.2) is 20.4 Å². The van der Waals surface area contributed by atoms with Crippen molar-refractivity contribution in [2.24, 2.45) is 0 Å². The van der Waals surface area contributed by atoms with E-state index in [-0.39, 0.29) is 11.3 Å². The second kappa shape index (κ2) is 4.85. The molecule has 1 aromatic rings. The summed E-state index contributed by atoms with van der Waals surface area (Å²) >= 11 is 0. The number of halogens is 3. The Morgan fingerprint density at radius 1 is 1.06 bits per heavy atom. The van der Waals surface area contributed by atoms with Crippen molar-refractivity contribution in [3.8, 4) is 11.5 Å². The van der Waals surface area contributed by atoms with Gasteiger partial charge in [0.25, 0.3) is 0 Å². The van der Waals surface area contributed by atoms with Gasteiger partial charge >= 0.3 is 6.18 Å². The van der Waals surface area contributed by atoms with Crippen LogP contribution < -0.4 is 9.47 Å². The van der Waals surface area contributed by atoms with Crippen LogP contribution in [0.4, 0.5) is 13.2 Å². The molecule has 0 atom stereocenters. The van der Waals surface area contributed by atoms with E-state index in [0.29, 0.717) is 11.3 Å². The first-order valence-electron chi connectivity index (χ1n) is 5.08. The lowest BCUT2D eigenvalue weighted by molar-refractivity contribution is -0.127. The van der Waals surface area contributed by atoms with Gasteiger partial charge in [-0.25, -0.2) is 0 Å². The van der Waals surface area contributed by atoms with Crippen molar-refractivity contribution in [3.63, 3.8) is 0 Å². The predicted molar refractivity (Wildman–Crippen MR) is 58.8 cm³/mol. The first-order valence-corrected chi connectivity index (χ1v) is 5.08. The van der Waals surface area contributed by atoms with E-state index in [4.69, 9.17) is 9.47 Å². The van der Waals surface area contributed by atoms with E-state index in [0.717, 1.165) is 5.56 Å². The third kappa shape index (κ3) is 3.05. The van der Waals surface area contributed by atoms with Gasteiger partial charge in [-0.3, -0.25) is 0 Å². The Morgan fingerprint density at radius 3 is 2.06 bits per heavy atom. The highest BCUT2D eigenvalue weighted by molar-refractivity contribution is 5.52. The van der Waals surface area contributed by atoms with E-state index in [1.54, 1.807) is 13.8 Å². The lowest BCUT2D eigenvalue weighted by Gasteiger charge is -2.17. The zero-order chi connectivity index (χ0) is 13.2. The van der Waals surface area contributed by atoms with Crippen LogP contribution in [-0.2, 0) is 6.42 Å². The molecule has 0 saturated heterocycles. The Bertz CT molecular complexity index is 411. The summed E-state index contributed by atoms with van der Waals surface area (Å²) in [4.78, 5) is 0. The van der Waals surface area contributed by atoms with Gasteiger partial charge in [0.05, 0.1) is 20.6 Å². The number of hydrogen-bond acceptors (Lipinski definition) is 2. The maximum Gasteiger partial charge on any atom is 0.393 e. The van der Waals surface area contributed by atoms with E-state index in [2.05, 4.69) is 0 Å². The smallest absolute Gasteiger partial charge is 0.393 e. The average Bonchev–Trinajstić information content (AvgIpc) is 2.21. The fourth-order valence-corrected chi connectivity index (χ4v) is 1.77. The molecule has 1 rings (SSSR count). The van der Waals surface area contributed by atoms with Crippen molar-refractivity contribution in [3.05, 3.63) is 22.8 Å². The van der Waals surface area contributed by atoms with Gasteiger partial charge in [0.15, 0.2) is 0 Å². The summed E-state index contributed by atoms with van der Waals surface area (Å²) in [6, 6.07) is 1.38. The third-order valence-electron chi connectivity index (χ3n) is 2.68. The molecule has 0 amide bonds. The second-order valence-corrected chi connectivity index (χ2v) is 3.81. The minimum atomic E-state index is -4.26. The van der Waals surface area contributed by atoms with Gasteiger partial charge in [-0.05, 0) is 31.0 Å². The van der Waals surface area contributed by atoms with Crippen LogP contribution in [0.3, 0.4) is 0 Å². The fraction of sp³-hybridized carbons (Fsp3) is 0.500. The number of methoxy groups -OCH3 is 2. The van der Waals surface area contributed by atoms with E-state index in [9.17, 15) is 13.2 Å². The minimum absolute atomic E-state index is 0.0972. The fourth-order valence-electron chi connectivity index (χ4n) is 1.77. The van der Waals surface area contributed by atoms with Gasteiger partial charge in [-0.2, -0.15) is 13.2 Å². The molecule has 1 aromatic carbocycles. The molecule has 0 aliphatic carbocycles. The molecule has 0 heterocycles. The predicted octanol–water partition coefficient (Wildman–Crippen LogP) is 3.43. The maximum atomic E-state index is 12.4. The van der Waals surface area contributed by atoms with Crippen molar-refractivity contribution < 1.29 is 22.6 Å².